The summed E-state index contributed by atoms with van der Waals surface area (Å²) in [6, 6.07) is 10.7. The molecule has 1 aromatic rings. The van der Waals surface area contributed by atoms with E-state index in [1.54, 1.807) is 0 Å². The SMILES string of the molecule is C[C@@H]1C(c2ccccc2)=C2C3=C(CCC2C2CCC(=O)C21)CC(=O)CC3. The monoisotopic (exact) mass is 346 g/mol. The minimum Gasteiger partial charge on any atom is -0.299 e. The Kier molecular flexibility index (Phi) is 3.77. The smallest absolute Gasteiger partial charge is 0.137 e. The van der Waals surface area contributed by atoms with Gasteiger partial charge in [-0.25, -0.2) is 0 Å². The molecule has 3 unspecified atom stereocenters. The maximum Gasteiger partial charge on any atom is 0.137 e. The van der Waals surface area contributed by atoms with Crippen molar-refractivity contribution in [3.05, 3.63) is 52.6 Å². The fourth-order valence-electron chi connectivity index (χ4n) is 6.38. The number of ketones is 2. The molecule has 1 fully saturated rings. The molecule has 4 aliphatic carbocycles. The average molecular weight is 346 g/mol. The van der Waals surface area contributed by atoms with Crippen LogP contribution in [0.1, 0.15) is 57.4 Å². The van der Waals surface area contributed by atoms with E-state index < -0.39 is 0 Å². The van der Waals surface area contributed by atoms with Gasteiger partial charge in [0.15, 0.2) is 0 Å². The zero-order valence-electron chi connectivity index (χ0n) is 15.5. The highest BCUT2D eigenvalue weighted by atomic mass is 16.1. The van der Waals surface area contributed by atoms with Crippen LogP contribution in [-0.2, 0) is 9.59 Å². The summed E-state index contributed by atoms with van der Waals surface area (Å²) in [7, 11) is 0. The summed E-state index contributed by atoms with van der Waals surface area (Å²) in [4.78, 5) is 24.7. The molecular formula is C24H26O2. The van der Waals surface area contributed by atoms with Crippen LogP contribution in [0, 0.1) is 23.7 Å². The lowest BCUT2D eigenvalue weighted by Gasteiger charge is -2.45. The van der Waals surface area contributed by atoms with Crippen LogP contribution < -0.4 is 0 Å². The van der Waals surface area contributed by atoms with Gasteiger partial charge in [-0.15, -0.1) is 0 Å². The van der Waals surface area contributed by atoms with E-state index in [9.17, 15) is 9.59 Å². The summed E-state index contributed by atoms with van der Waals surface area (Å²) in [5, 5.41) is 0. The van der Waals surface area contributed by atoms with Crippen LogP contribution in [-0.4, -0.2) is 11.6 Å². The van der Waals surface area contributed by atoms with E-state index in [4.69, 9.17) is 0 Å². The number of allylic oxidation sites excluding steroid dienone is 4. The van der Waals surface area contributed by atoms with Gasteiger partial charge < -0.3 is 0 Å². The molecule has 5 rings (SSSR count). The fraction of sp³-hybridized carbons (Fsp3) is 0.500. The van der Waals surface area contributed by atoms with Gasteiger partial charge >= 0.3 is 0 Å². The molecule has 0 bridgehead atoms. The molecule has 0 spiro atoms. The highest BCUT2D eigenvalue weighted by Crippen LogP contribution is 2.58. The van der Waals surface area contributed by atoms with Crippen molar-refractivity contribution < 1.29 is 9.59 Å². The summed E-state index contributed by atoms with van der Waals surface area (Å²) in [6.45, 7) is 2.27. The Morgan fingerprint density at radius 1 is 0.885 bits per heavy atom. The van der Waals surface area contributed by atoms with Crippen molar-refractivity contribution in [2.24, 2.45) is 23.7 Å². The maximum absolute atomic E-state index is 12.7. The van der Waals surface area contributed by atoms with Gasteiger partial charge in [-0.05, 0) is 65.7 Å². The van der Waals surface area contributed by atoms with Crippen LogP contribution in [0.3, 0.4) is 0 Å². The van der Waals surface area contributed by atoms with Gasteiger partial charge in [0.2, 0.25) is 0 Å². The minimum atomic E-state index is 0.200. The van der Waals surface area contributed by atoms with Crippen molar-refractivity contribution >= 4 is 17.1 Å². The van der Waals surface area contributed by atoms with Crippen molar-refractivity contribution in [1.82, 2.24) is 0 Å². The Bertz CT molecular complexity index is 842. The molecule has 2 nitrogen and oxygen atoms in total. The van der Waals surface area contributed by atoms with Gasteiger partial charge in [0.1, 0.15) is 11.6 Å². The van der Waals surface area contributed by atoms with E-state index in [2.05, 4.69) is 37.3 Å². The first-order chi connectivity index (χ1) is 12.6. The highest BCUT2D eigenvalue weighted by molar-refractivity contribution is 5.90. The van der Waals surface area contributed by atoms with Crippen LogP contribution in [0.2, 0.25) is 0 Å². The number of Topliss-reactive ketones (excluding diaryl/α,β-unsaturated/α-hetero) is 2. The number of benzene rings is 1. The molecule has 26 heavy (non-hydrogen) atoms. The molecule has 0 N–H and O–H groups in total. The lowest BCUT2D eigenvalue weighted by molar-refractivity contribution is -0.122. The first-order valence-corrected chi connectivity index (χ1v) is 10.2. The average Bonchev–Trinajstić information content (AvgIpc) is 3.04. The largest absolute Gasteiger partial charge is 0.299 e. The van der Waals surface area contributed by atoms with Crippen LogP contribution in [0.4, 0.5) is 0 Å². The molecule has 2 heteroatoms. The zero-order valence-corrected chi connectivity index (χ0v) is 15.5. The van der Waals surface area contributed by atoms with Crippen molar-refractivity contribution in [3.63, 3.8) is 0 Å². The number of fused-ring (bicyclic) bond motifs is 4. The maximum atomic E-state index is 12.7. The van der Waals surface area contributed by atoms with Crippen molar-refractivity contribution in [1.29, 1.82) is 0 Å². The Morgan fingerprint density at radius 3 is 2.50 bits per heavy atom. The van der Waals surface area contributed by atoms with Crippen molar-refractivity contribution in [3.8, 4) is 0 Å². The summed E-state index contributed by atoms with van der Waals surface area (Å²) in [5.74, 6) is 2.41. The summed E-state index contributed by atoms with van der Waals surface area (Å²) in [5.41, 5.74) is 7.12. The van der Waals surface area contributed by atoms with E-state index in [0.717, 1.165) is 32.1 Å². The first kappa shape index (κ1) is 16.2. The van der Waals surface area contributed by atoms with Crippen molar-refractivity contribution in [2.45, 2.75) is 51.9 Å². The number of carbonyl (C=O) groups excluding carboxylic acids is 2. The molecule has 1 saturated carbocycles. The lowest BCUT2D eigenvalue weighted by atomic mass is 9.58. The molecule has 4 aliphatic rings. The molecule has 1 aromatic carbocycles. The number of hydrogen-bond acceptors (Lipinski definition) is 2. The Hall–Kier alpha value is -1.96. The third-order valence-corrected chi connectivity index (χ3v) is 7.39. The lowest BCUT2D eigenvalue weighted by Crippen LogP contribution is -2.38. The second-order valence-corrected chi connectivity index (χ2v) is 8.62. The highest BCUT2D eigenvalue weighted by Gasteiger charge is 2.50. The van der Waals surface area contributed by atoms with Crippen LogP contribution in [0.15, 0.2) is 47.1 Å². The fourth-order valence-corrected chi connectivity index (χ4v) is 6.38. The molecule has 0 amide bonds. The van der Waals surface area contributed by atoms with Gasteiger partial charge in [-0.1, -0.05) is 42.8 Å². The third kappa shape index (κ3) is 2.31. The Labute approximate surface area is 155 Å². The normalized spacial score (nSPS) is 33.9. The van der Waals surface area contributed by atoms with Gasteiger partial charge in [0, 0.05) is 25.2 Å². The van der Waals surface area contributed by atoms with E-state index in [1.165, 1.54) is 27.9 Å². The van der Waals surface area contributed by atoms with Gasteiger partial charge in [-0.3, -0.25) is 9.59 Å². The van der Waals surface area contributed by atoms with Gasteiger partial charge in [0.05, 0.1) is 0 Å². The first-order valence-electron chi connectivity index (χ1n) is 10.2. The van der Waals surface area contributed by atoms with Crippen LogP contribution in [0.25, 0.3) is 5.57 Å². The molecule has 0 aromatic heterocycles. The topological polar surface area (TPSA) is 34.1 Å². The van der Waals surface area contributed by atoms with E-state index in [1.807, 2.05) is 0 Å². The summed E-state index contributed by atoms with van der Waals surface area (Å²) in [6.07, 6.45) is 6.27. The Balaban J connectivity index is 1.74. The number of rotatable bonds is 1. The van der Waals surface area contributed by atoms with E-state index in [0.29, 0.717) is 36.2 Å². The second kappa shape index (κ2) is 6.04. The second-order valence-electron chi connectivity index (χ2n) is 8.62. The molecule has 0 radical (unpaired) electrons. The summed E-state index contributed by atoms with van der Waals surface area (Å²) >= 11 is 0. The van der Waals surface area contributed by atoms with E-state index >= 15 is 0 Å². The quantitative estimate of drug-likeness (QED) is 0.705. The Morgan fingerprint density at radius 2 is 1.69 bits per heavy atom. The van der Waals surface area contributed by atoms with Crippen LogP contribution >= 0.6 is 0 Å². The van der Waals surface area contributed by atoms with Crippen LogP contribution in [0.5, 0.6) is 0 Å². The predicted octanol–water partition coefficient (Wildman–Crippen LogP) is 5.14. The zero-order chi connectivity index (χ0) is 17.8. The number of carbonyl (C=O) groups is 2. The number of hydrogen-bond donors (Lipinski definition) is 0. The molecule has 134 valence electrons. The molecule has 0 saturated heterocycles. The van der Waals surface area contributed by atoms with Gasteiger partial charge in [0.25, 0.3) is 0 Å². The predicted molar refractivity (Wildman–Crippen MR) is 102 cm³/mol. The summed E-state index contributed by atoms with van der Waals surface area (Å²) < 4.78 is 0. The molecule has 4 atom stereocenters. The minimum absolute atomic E-state index is 0.200. The molecule has 0 heterocycles. The van der Waals surface area contributed by atoms with Gasteiger partial charge in [-0.2, -0.15) is 0 Å². The van der Waals surface area contributed by atoms with Crippen molar-refractivity contribution in [2.75, 3.05) is 0 Å². The standard InChI is InChI=1S/C24H26O2/c1-14-22(15-5-3-2-4-6-15)24-18-10-8-17(25)13-16(18)7-9-20(24)19-11-12-21(26)23(14)19/h2-6,14,19-20,23H,7-13H2,1H3/t14-,19?,20?,23?/m1/s1. The molecular weight excluding hydrogens is 320 g/mol. The molecule has 0 aliphatic heterocycles. The van der Waals surface area contributed by atoms with E-state index in [-0.39, 0.29) is 11.8 Å². The third-order valence-electron chi connectivity index (χ3n) is 7.39.